The molecule has 1 aromatic rings. The molecule has 0 aromatic heterocycles. The smallest absolute Gasteiger partial charge is 0.128 e. The molecule has 0 amide bonds. The van der Waals surface area contributed by atoms with E-state index < -0.39 is 0 Å². The molecule has 0 aliphatic heterocycles. The molecular weight excluding hydrogens is 162 g/mol. The normalized spacial score (nSPS) is 13.2. The Morgan fingerprint density at radius 1 is 1.23 bits per heavy atom. The molecule has 13 heavy (non-hydrogen) atoms. The van der Waals surface area contributed by atoms with Gasteiger partial charge in [0.05, 0.1) is 6.04 Å². The third-order valence-electron chi connectivity index (χ3n) is 2.02. The lowest BCUT2D eigenvalue weighted by molar-refractivity contribution is -0.689. The Labute approximate surface area is 79.6 Å². The zero-order valence-corrected chi connectivity index (χ0v) is 8.27. The lowest BCUT2D eigenvalue weighted by Gasteiger charge is -2.11. The summed E-state index contributed by atoms with van der Waals surface area (Å²) in [6.45, 7) is 4.98. The third-order valence-corrected chi connectivity index (χ3v) is 2.02. The summed E-state index contributed by atoms with van der Waals surface area (Å²) in [5.41, 5.74) is 0.999. The summed E-state index contributed by atoms with van der Waals surface area (Å²) in [6.07, 6.45) is -0.344. The van der Waals surface area contributed by atoms with E-state index in [2.05, 4.69) is 19.2 Å². The molecule has 72 valence electrons. The summed E-state index contributed by atoms with van der Waals surface area (Å²) in [5.74, 6) is 0. The van der Waals surface area contributed by atoms with E-state index in [-0.39, 0.29) is 6.10 Å². The Morgan fingerprint density at radius 3 is 2.38 bits per heavy atom. The van der Waals surface area contributed by atoms with Gasteiger partial charge >= 0.3 is 0 Å². The van der Waals surface area contributed by atoms with Gasteiger partial charge in [-0.2, -0.15) is 0 Å². The molecule has 0 aliphatic carbocycles. The minimum absolute atomic E-state index is 0.344. The van der Waals surface area contributed by atoms with Gasteiger partial charge in [0.1, 0.15) is 12.6 Å². The topological polar surface area (TPSA) is 36.8 Å². The largest absolute Gasteiger partial charge is 0.382 e. The molecule has 0 spiro atoms. The quantitative estimate of drug-likeness (QED) is 0.703. The van der Waals surface area contributed by atoms with Crippen molar-refractivity contribution in [1.29, 1.82) is 0 Å². The third kappa shape index (κ3) is 3.57. The van der Waals surface area contributed by atoms with Gasteiger partial charge in [-0.15, -0.1) is 0 Å². The minimum Gasteiger partial charge on any atom is -0.382 e. The molecule has 0 fully saturated rings. The highest BCUT2D eigenvalue weighted by atomic mass is 16.3. The van der Waals surface area contributed by atoms with Crippen LogP contribution >= 0.6 is 0 Å². The first-order chi connectivity index (χ1) is 6.20. The average molecular weight is 180 g/mol. The zero-order chi connectivity index (χ0) is 9.68. The molecule has 1 rings (SSSR count). The van der Waals surface area contributed by atoms with Crippen LogP contribution in [0.25, 0.3) is 0 Å². The van der Waals surface area contributed by atoms with Crippen LogP contribution in [0.2, 0.25) is 0 Å². The van der Waals surface area contributed by atoms with Crippen LogP contribution in [0.5, 0.6) is 0 Å². The lowest BCUT2D eigenvalue weighted by Crippen LogP contribution is -2.89. The van der Waals surface area contributed by atoms with Gasteiger partial charge in [-0.1, -0.05) is 30.3 Å². The number of hydrogen-bond acceptors (Lipinski definition) is 1. The fourth-order valence-corrected chi connectivity index (χ4v) is 1.21. The predicted octanol–water partition coefficient (Wildman–Crippen LogP) is 0.692. The van der Waals surface area contributed by atoms with Crippen LogP contribution in [0.1, 0.15) is 25.5 Å². The van der Waals surface area contributed by atoms with Gasteiger partial charge < -0.3 is 10.4 Å². The summed E-state index contributed by atoms with van der Waals surface area (Å²) >= 11 is 0. The number of nitrogens with two attached hydrogens (primary N) is 1. The molecule has 0 unspecified atom stereocenters. The fraction of sp³-hybridized carbons (Fsp3) is 0.455. The molecule has 3 N–H and O–H groups in total. The zero-order valence-electron chi connectivity index (χ0n) is 8.27. The second-order valence-corrected chi connectivity index (χ2v) is 3.64. The van der Waals surface area contributed by atoms with E-state index in [4.69, 9.17) is 0 Å². The summed E-state index contributed by atoms with van der Waals surface area (Å²) in [7, 11) is 0. The SMILES string of the molecule is CC(C)[NH2+]C[C@H](O)c1ccccc1. The van der Waals surface area contributed by atoms with Crippen molar-refractivity contribution in [1.82, 2.24) is 0 Å². The van der Waals surface area contributed by atoms with Gasteiger partial charge in [0, 0.05) is 0 Å². The highest BCUT2D eigenvalue weighted by Gasteiger charge is 2.08. The number of quaternary nitrogens is 1. The molecule has 2 nitrogen and oxygen atoms in total. The van der Waals surface area contributed by atoms with Gasteiger partial charge in [-0.25, -0.2) is 0 Å². The van der Waals surface area contributed by atoms with Crippen LogP contribution in [0, 0.1) is 0 Å². The van der Waals surface area contributed by atoms with Crippen molar-refractivity contribution in [3.8, 4) is 0 Å². The highest BCUT2D eigenvalue weighted by molar-refractivity contribution is 5.16. The average Bonchev–Trinajstić information content (AvgIpc) is 2.15. The summed E-state index contributed by atoms with van der Waals surface area (Å²) in [4.78, 5) is 0. The molecule has 0 heterocycles. The van der Waals surface area contributed by atoms with Crippen LogP contribution < -0.4 is 5.32 Å². The van der Waals surface area contributed by atoms with E-state index >= 15 is 0 Å². The van der Waals surface area contributed by atoms with E-state index in [1.807, 2.05) is 30.3 Å². The Hall–Kier alpha value is -0.860. The van der Waals surface area contributed by atoms with Crippen molar-refractivity contribution in [3.63, 3.8) is 0 Å². The van der Waals surface area contributed by atoms with Gasteiger partial charge in [0.2, 0.25) is 0 Å². The molecule has 0 saturated heterocycles. The summed E-state index contributed by atoms with van der Waals surface area (Å²) < 4.78 is 0. The molecule has 0 aliphatic rings. The molecular formula is C11H18NO+. The first-order valence-corrected chi connectivity index (χ1v) is 4.76. The van der Waals surface area contributed by atoms with E-state index in [0.29, 0.717) is 6.04 Å². The van der Waals surface area contributed by atoms with Gasteiger partial charge in [-0.05, 0) is 19.4 Å². The van der Waals surface area contributed by atoms with E-state index in [1.165, 1.54) is 0 Å². The molecule has 0 radical (unpaired) electrons. The van der Waals surface area contributed by atoms with Crippen LogP contribution in [0.4, 0.5) is 0 Å². The molecule has 0 saturated carbocycles. The second-order valence-electron chi connectivity index (χ2n) is 3.64. The molecule has 0 bridgehead atoms. The van der Waals surface area contributed by atoms with Crippen LogP contribution in [-0.4, -0.2) is 17.7 Å². The lowest BCUT2D eigenvalue weighted by atomic mass is 10.1. The van der Waals surface area contributed by atoms with Crippen molar-refractivity contribution in [3.05, 3.63) is 35.9 Å². The summed E-state index contributed by atoms with van der Waals surface area (Å²) in [5, 5.41) is 11.9. The first kappa shape index (κ1) is 10.2. The number of aliphatic hydroxyl groups excluding tert-OH is 1. The van der Waals surface area contributed by atoms with Gasteiger partial charge in [0.25, 0.3) is 0 Å². The van der Waals surface area contributed by atoms with Crippen LogP contribution in [-0.2, 0) is 0 Å². The minimum atomic E-state index is -0.344. The van der Waals surface area contributed by atoms with Crippen molar-refractivity contribution < 1.29 is 10.4 Å². The number of aliphatic hydroxyl groups is 1. The maximum Gasteiger partial charge on any atom is 0.128 e. The first-order valence-electron chi connectivity index (χ1n) is 4.76. The van der Waals surface area contributed by atoms with Gasteiger partial charge in [-0.3, -0.25) is 0 Å². The van der Waals surface area contributed by atoms with E-state index in [0.717, 1.165) is 12.1 Å². The maximum atomic E-state index is 9.74. The van der Waals surface area contributed by atoms with E-state index in [9.17, 15) is 5.11 Å². The van der Waals surface area contributed by atoms with Crippen molar-refractivity contribution in [2.45, 2.75) is 26.0 Å². The van der Waals surface area contributed by atoms with Crippen molar-refractivity contribution >= 4 is 0 Å². The number of benzene rings is 1. The number of hydrogen-bond donors (Lipinski definition) is 2. The van der Waals surface area contributed by atoms with Crippen LogP contribution in [0.3, 0.4) is 0 Å². The Bertz CT molecular complexity index is 233. The standard InChI is InChI=1S/C11H17NO/c1-9(2)12-8-11(13)10-6-4-3-5-7-10/h3-7,9,11-13H,8H2,1-2H3/p+1/t11-/m0/s1. The Balaban J connectivity index is 2.44. The Kier molecular flexibility index (Phi) is 3.93. The fourth-order valence-electron chi connectivity index (χ4n) is 1.21. The Morgan fingerprint density at radius 2 is 1.85 bits per heavy atom. The second kappa shape index (κ2) is 5.00. The number of rotatable bonds is 4. The van der Waals surface area contributed by atoms with Crippen LogP contribution in [0.15, 0.2) is 30.3 Å². The molecule has 1 aromatic carbocycles. The van der Waals surface area contributed by atoms with Crippen molar-refractivity contribution in [2.24, 2.45) is 0 Å². The highest BCUT2D eigenvalue weighted by Crippen LogP contribution is 2.08. The monoisotopic (exact) mass is 180 g/mol. The van der Waals surface area contributed by atoms with Gasteiger partial charge in [0.15, 0.2) is 0 Å². The maximum absolute atomic E-state index is 9.74. The van der Waals surface area contributed by atoms with E-state index in [1.54, 1.807) is 0 Å². The molecule has 2 heteroatoms. The predicted molar refractivity (Wildman–Crippen MR) is 53.3 cm³/mol. The molecule has 1 atom stereocenters. The summed E-state index contributed by atoms with van der Waals surface area (Å²) in [6, 6.07) is 10.3. The van der Waals surface area contributed by atoms with Crippen molar-refractivity contribution in [2.75, 3.05) is 6.54 Å².